The van der Waals surface area contributed by atoms with Crippen LogP contribution in [-0.4, -0.2) is 29.2 Å². The van der Waals surface area contributed by atoms with Gasteiger partial charge in [-0.2, -0.15) is 5.10 Å². The van der Waals surface area contributed by atoms with Crippen LogP contribution in [0.3, 0.4) is 0 Å². The molecule has 1 heterocycles. The van der Waals surface area contributed by atoms with Crippen LogP contribution in [0.25, 0.3) is 11.3 Å². The van der Waals surface area contributed by atoms with E-state index in [1.165, 1.54) is 7.11 Å². The standard InChI is InChI=1S/C18H14ClN3O3/c1-25-18(24)12-7-3-5-9-14(12)20-17(23)16-10-15(21-22-16)11-6-2-4-8-13(11)19/h2-10H,1H3,(H,20,23)(H,21,22). The first-order valence-electron chi connectivity index (χ1n) is 7.39. The largest absolute Gasteiger partial charge is 0.465 e. The molecule has 25 heavy (non-hydrogen) atoms. The minimum atomic E-state index is -0.530. The van der Waals surface area contributed by atoms with Crippen LogP contribution in [0, 0.1) is 0 Å². The topological polar surface area (TPSA) is 84.1 Å². The second kappa shape index (κ2) is 7.19. The Labute approximate surface area is 148 Å². The lowest BCUT2D eigenvalue weighted by atomic mass is 10.1. The maximum absolute atomic E-state index is 12.4. The van der Waals surface area contributed by atoms with E-state index in [1.807, 2.05) is 18.2 Å². The molecule has 3 aromatic rings. The summed E-state index contributed by atoms with van der Waals surface area (Å²) in [5, 5.41) is 10.0. The number of rotatable bonds is 4. The molecule has 0 bridgehead atoms. The van der Waals surface area contributed by atoms with Crippen LogP contribution < -0.4 is 5.32 Å². The lowest BCUT2D eigenvalue weighted by Crippen LogP contribution is -2.15. The van der Waals surface area contributed by atoms with Gasteiger partial charge in [-0.05, 0) is 24.3 Å². The summed E-state index contributed by atoms with van der Waals surface area (Å²) in [6.07, 6.45) is 0. The van der Waals surface area contributed by atoms with Crippen LogP contribution >= 0.6 is 11.6 Å². The van der Waals surface area contributed by atoms with Crippen LogP contribution in [0.5, 0.6) is 0 Å². The second-order valence-electron chi connectivity index (χ2n) is 5.14. The molecule has 126 valence electrons. The number of carbonyl (C=O) groups is 2. The summed E-state index contributed by atoms with van der Waals surface area (Å²) >= 11 is 6.14. The molecule has 2 aromatic carbocycles. The van der Waals surface area contributed by atoms with Gasteiger partial charge in [0.15, 0.2) is 0 Å². The normalized spacial score (nSPS) is 10.3. The van der Waals surface area contributed by atoms with Crippen molar-refractivity contribution in [2.24, 2.45) is 0 Å². The molecule has 6 nitrogen and oxygen atoms in total. The predicted molar refractivity (Wildman–Crippen MR) is 94.8 cm³/mol. The van der Waals surface area contributed by atoms with Crippen LogP contribution in [0.4, 0.5) is 5.69 Å². The van der Waals surface area contributed by atoms with E-state index in [9.17, 15) is 9.59 Å². The second-order valence-corrected chi connectivity index (χ2v) is 5.55. The monoisotopic (exact) mass is 355 g/mol. The molecule has 1 amide bonds. The molecule has 0 aliphatic rings. The number of hydrogen-bond acceptors (Lipinski definition) is 4. The van der Waals surface area contributed by atoms with Crippen molar-refractivity contribution in [2.75, 3.05) is 12.4 Å². The number of esters is 1. The van der Waals surface area contributed by atoms with Gasteiger partial charge in [0, 0.05) is 5.56 Å². The third-order valence-electron chi connectivity index (χ3n) is 3.55. The highest BCUT2D eigenvalue weighted by Crippen LogP contribution is 2.26. The number of anilines is 1. The van der Waals surface area contributed by atoms with Crippen molar-refractivity contribution in [1.29, 1.82) is 0 Å². The van der Waals surface area contributed by atoms with Crippen LogP contribution in [0.2, 0.25) is 5.02 Å². The molecule has 2 N–H and O–H groups in total. The molecule has 0 atom stereocenters. The molecule has 7 heteroatoms. The maximum Gasteiger partial charge on any atom is 0.339 e. The third-order valence-corrected chi connectivity index (χ3v) is 3.88. The number of H-pyrrole nitrogens is 1. The van der Waals surface area contributed by atoms with E-state index in [1.54, 1.807) is 36.4 Å². The molecule has 0 aliphatic heterocycles. The number of benzene rings is 2. The number of halogens is 1. The maximum atomic E-state index is 12.4. The Hall–Kier alpha value is -3.12. The summed E-state index contributed by atoms with van der Waals surface area (Å²) < 4.78 is 4.71. The van der Waals surface area contributed by atoms with Crippen molar-refractivity contribution in [3.8, 4) is 11.3 Å². The van der Waals surface area contributed by atoms with E-state index in [4.69, 9.17) is 16.3 Å². The van der Waals surface area contributed by atoms with Crippen molar-refractivity contribution in [3.05, 3.63) is 70.9 Å². The predicted octanol–water partition coefficient (Wildman–Crippen LogP) is 3.77. The first kappa shape index (κ1) is 16.7. The summed E-state index contributed by atoms with van der Waals surface area (Å²) in [7, 11) is 1.28. The van der Waals surface area contributed by atoms with Crippen LogP contribution in [0.15, 0.2) is 54.6 Å². The van der Waals surface area contributed by atoms with Crippen molar-refractivity contribution in [2.45, 2.75) is 0 Å². The van der Waals surface area contributed by atoms with Gasteiger partial charge < -0.3 is 10.1 Å². The number of nitrogens with zero attached hydrogens (tertiary/aromatic N) is 1. The average Bonchev–Trinajstić information content (AvgIpc) is 3.12. The Balaban J connectivity index is 1.84. The molecule has 0 fully saturated rings. The Morgan fingerprint density at radius 1 is 1.12 bits per heavy atom. The van der Waals surface area contributed by atoms with Gasteiger partial charge in [-0.15, -0.1) is 0 Å². The number of hydrogen-bond donors (Lipinski definition) is 2. The number of methoxy groups -OCH3 is 1. The molecule has 0 saturated carbocycles. The minimum absolute atomic E-state index is 0.245. The van der Waals surface area contributed by atoms with E-state index >= 15 is 0 Å². The van der Waals surface area contributed by atoms with Crippen molar-refractivity contribution < 1.29 is 14.3 Å². The van der Waals surface area contributed by atoms with Gasteiger partial charge in [0.05, 0.1) is 29.1 Å². The molecule has 0 radical (unpaired) electrons. The SMILES string of the molecule is COC(=O)c1ccccc1NC(=O)c1cc(-c2ccccc2Cl)n[nH]1. The Morgan fingerprint density at radius 2 is 1.84 bits per heavy atom. The van der Waals surface area contributed by atoms with Crippen molar-refractivity contribution >= 4 is 29.2 Å². The van der Waals surface area contributed by atoms with E-state index in [0.29, 0.717) is 16.4 Å². The highest BCUT2D eigenvalue weighted by atomic mass is 35.5. The van der Waals surface area contributed by atoms with Crippen molar-refractivity contribution in [1.82, 2.24) is 10.2 Å². The van der Waals surface area contributed by atoms with Gasteiger partial charge >= 0.3 is 5.97 Å². The highest BCUT2D eigenvalue weighted by molar-refractivity contribution is 6.33. The van der Waals surface area contributed by atoms with E-state index in [0.717, 1.165) is 5.56 Å². The molecular formula is C18H14ClN3O3. The fourth-order valence-corrected chi connectivity index (χ4v) is 2.55. The molecule has 0 spiro atoms. The first-order chi connectivity index (χ1) is 12.1. The van der Waals surface area contributed by atoms with Gasteiger partial charge in [-0.1, -0.05) is 41.9 Å². The number of amides is 1. The van der Waals surface area contributed by atoms with Gasteiger partial charge in [0.1, 0.15) is 5.69 Å². The van der Waals surface area contributed by atoms with E-state index in [-0.39, 0.29) is 11.3 Å². The number of carbonyl (C=O) groups excluding carboxylic acids is 2. The van der Waals surface area contributed by atoms with Gasteiger partial charge in [-0.3, -0.25) is 9.89 Å². The number of aromatic nitrogens is 2. The minimum Gasteiger partial charge on any atom is -0.465 e. The number of aromatic amines is 1. The summed E-state index contributed by atoms with van der Waals surface area (Å²) in [6.45, 7) is 0. The molecule has 0 aliphatic carbocycles. The summed E-state index contributed by atoms with van der Waals surface area (Å²) in [4.78, 5) is 24.2. The first-order valence-corrected chi connectivity index (χ1v) is 7.77. The van der Waals surface area contributed by atoms with Crippen molar-refractivity contribution in [3.63, 3.8) is 0 Å². The fraction of sp³-hybridized carbons (Fsp3) is 0.0556. The Kier molecular flexibility index (Phi) is 4.81. The third kappa shape index (κ3) is 3.54. The number of para-hydroxylation sites is 1. The molecule has 0 saturated heterocycles. The van der Waals surface area contributed by atoms with E-state index < -0.39 is 11.9 Å². The highest BCUT2D eigenvalue weighted by Gasteiger charge is 2.16. The fourth-order valence-electron chi connectivity index (χ4n) is 2.31. The lowest BCUT2D eigenvalue weighted by molar-refractivity contribution is 0.0602. The zero-order valence-corrected chi connectivity index (χ0v) is 14.0. The number of ether oxygens (including phenoxy) is 1. The lowest BCUT2D eigenvalue weighted by Gasteiger charge is -2.08. The molecule has 0 unspecified atom stereocenters. The zero-order valence-electron chi connectivity index (χ0n) is 13.2. The van der Waals surface area contributed by atoms with E-state index in [2.05, 4.69) is 15.5 Å². The average molecular weight is 356 g/mol. The Bertz CT molecular complexity index is 937. The number of nitrogens with one attached hydrogen (secondary N) is 2. The zero-order chi connectivity index (χ0) is 17.8. The molecule has 3 rings (SSSR count). The quantitative estimate of drug-likeness (QED) is 0.698. The van der Waals surface area contributed by atoms with Crippen LogP contribution in [0.1, 0.15) is 20.8 Å². The van der Waals surface area contributed by atoms with Gasteiger partial charge in [-0.25, -0.2) is 4.79 Å². The van der Waals surface area contributed by atoms with Crippen LogP contribution in [-0.2, 0) is 4.74 Å². The Morgan fingerprint density at radius 3 is 2.60 bits per heavy atom. The van der Waals surface area contributed by atoms with Gasteiger partial charge in [0.25, 0.3) is 5.91 Å². The molecular weight excluding hydrogens is 342 g/mol. The smallest absolute Gasteiger partial charge is 0.339 e. The molecule has 1 aromatic heterocycles. The van der Waals surface area contributed by atoms with Gasteiger partial charge in [0.2, 0.25) is 0 Å². The summed E-state index contributed by atoms with van der Waals surface area (Å²) in [5.41, 5.74) is 2.14. The summed E-state index contributed by atoms with van der Waals surface area (Å²) in [6, 6.07) is 15.4. The summed E-state index contributed by atoms with van der Waals surface area (Å²) in [5.74, 6) is -0.959.